The van der Waals surface area contributed by atoms with Crippen molar-refractivity contribution < 1.29 is 9.47 Å². The third kappa shape index (κ3) is 6.05. The normalized spacial score (nSPS) is 17.3. The minimum Gasteiger partial charge on any atom is -0.494 e. The Morgan fingerprint density at radius 2 is 1.81 bits per heavy atom. The molecular formula is C25H34N4O2. The molecule has 6 heteroatoms. The number of ether oxygens (including phenoxy) is 2. The molecule has 1 saturated heterocycles. The molecule has 0 N–H and O–H groups in total. The highest BCUT2D eigenvalue weighted by molar-refractivity contribution is 5.73. The molecule has 31 heavy (non-hydrogen) atoms. The van der Waals surface area contributed by atoms with E-state index >= 15 is 0 Å². The summed E-state index contributed by atoms with van der Waals surface area (Å²) in [5.74, 6) is 0.944. The highest BCUT2D eigenvalue weighted by atomic mass is 16.5. The number of fused-ring (bicyclic) bond motifs is 1. The molecule has 0 aliphatic carbocycles. The van der Waals surface area contributed by atoms with Crippen molar-refractivity contribution in [2.75, 3.05) is 26.3 Å². The summed E-state index contributed by atoms with van der Waals surface area (Å²) in [6.45, 7) is 6.22. The Morgan fingerprint density at radius 1 is 1.00 bits per heavy atom. The van der Waals surface area contributed by atoms with Gasteiger partial charge in [-0.05, 0) is 36.2 Å². The second-order valence-electron chi connectivity index (χ2n) is 8.34. The Kier molecular flexibility index (Phi) is 7.91. The maximum atomic E-state index is 6.06. The Bertz CT molecular complexity index is 925. The predicted molar refractivity (Wildman–Crippen MR) is 123 cm³/mol. The molecule has 0 bridgehead atoms. The summed E-state index contributed by atoms with van der Waals surface area (Å²) in [5, 5.41) is 8.58. The van der Waals surface area contributed by atoms with Gasteiger partial charge in [0.1, 0.15) is 11.3 Å². The highest BCUT2D eigenvalue weighted by Crippen LogP contribution is 2.25. The van der Waals surface area contributed by atoms with Crippen molar-refractivity contribution in [3.05, 3.63) is 54.1 Å². The number of aromatic nitrogens is 3. The maximum absolute atomic E-state index is 6.06. The number of para-hydroxylation sites is 1. The van der Waals surface area contributed by atoms with Crippen LogP contribution in [0.25, 0.3) is 11.0 Å². The van der Waals surface area contributed by atoms with Gasteiger partial charge in [-0.1, -0.05) is 68.5 Å². The molecule has 1 aromatic heterocycles. The molecule has 1 aliphatic heterocycles. The lowest BCUT2D eigenvalue weighted by molar-refractivity contribution is -0.0413. The first-order valence-corrected chi connectivity index (χ1v) is 11.7. The third-order valence-electron chi connectivity index (χ3n) is 5.92. The molecule has 1 aliphatic rings. The number of hydrogen-bond acceptors (Lipinski definition) is 5. The van der Waals surface area contributed by atoms with Crippen molar-refractivity contribution in [2.45, 2.75) is 58.2 Å². The molecule has 166 valence electrons. The highest BCUT2D eigenvalue weighted by Gasteiger charge is 2.23. The van der Waals surface area contributed by atoms with Gasteiger partial charge in [0.25, 0.3) is 0 Å². The molecule has 2 aromatic carbocycles. The van der Waals surface area contributed by atoms with E-state index in [1.54, 1.807) is 0 Å². The number of morpholine rings is 1. The van der Waals surface area contributed by atoms with Gasteiger partial charge in [0.15, 0.2) is 0 Å². The SMILES string of the molecule is CCCCCCCCOc1ccc(C2CN(Cn3nnc4ccccc43)CCO2)cc1. The van der Waals surface area contributed by atoms with Gasteiger partial charge < -0.3 is 9.47 Å². The topological polar surface area (TPSA) is 52.4 Å². The number of hydrogen-bond donors (Lipinski definition) is 0. The molecule has 3 aromatic rings. The van der Waals surface area contributed by atoms with Crippen LogP contribution in [0.3, 0.4) is 0 Å². The molecule has 4 rings (SSSR count). The van der Waals surface area contributed by atoms with Crippen LogP contribution in [0, 0.1) is 0 Å². The lowest BCUT2D eigenvalue weighted by Crippen LogP contribution is -2.39. The summed E-state index contributed by atoms with van der Waals surface area (Å²) in [6, 6.07) is 16.5. The van der Waals surface area contributed by atoms with Gasteiger partial charge in [-0.3, -0.25) is 4.90 Å². The Morgan fingerprint density at radius 3 is 2.68 bits per heavy atom. The second-order valence-corrected chi connectivity index (χ2v) is 8.34. The molecule has 0 saturated carbocycles. The van der Waals surface area contributed by atoms with E-state index in [1.807, 2.05) is 22.9 Å². The zero-order valence-electron chi connectivity index (χ0n) is 18.6. The Balaban J connectivity index is 1.25. The van der Waals surface area contributed by atoms with Crippen molar-refractivity contribution in [3.8, 4) is 5.75 Å². The second kappa shape index (κ2) is 11.3. The molecule has 1 fully saturated rings. The van der Waals surface area contributed by atoms with Gasteiger partial charge in [0.2, 0.25) is 0 Å². The number of rotatable bonds is 11. The number of unbranched alkanes of at least 4 members (excludes halogenated alkanes) is 5. The van der Waals surface area contributed by atoms with E-state index in [1.165, 1.54) is 37.7 Å². The van der Waals surface area contributed by atoms with Crippen molar-refractivity contribution in [1.29, 1.82) is 0 Å². The van der Waals surface area contributed by atoms with E-state index < -0.39 is 0 Å². The smallest absolute Gasteiger partial charge is 0.119 e. The molecule has 0 spiro atoms. The summed E-state index contributed by atoms with van der Waals surface area (Å²) < 4.78 is 13.9. The summed E-state index contributed by atoms with van der Waals surface area (Å²) in [5.41, 5.74) is 3.20. The molecule has 1 unspecified atom stereocenters. The van der Waals surface area contributed by atoms with Crippen molar-refractivity contribution in [3.63, 3.8) is 0 Å². The Labute approximate surface area is 185 Å². The van der Waals surface area contributed by atoms with E-state index in [2.05, 4.69) is 52.5 Å². The van der Waals surface area contributed by atoms with Crippen molar-refractivity contribution in [1.82, 2.24) is 19.9 Å². The lowest BCUT2D eigenvalue weighted by Gasteiger charge is -2.33. The zero-order valence-corrected chi connectivity index (χ0v) is 18.6. The van der Waals surface area contributed by atoms with E-state index in [0.717, 1.165) is 49.6 Å². The van der Waals surface area contributed by atoms with Crippen LogP contribution in [0.2, 0.25) is 0 Å². The van der Waals surface area contributed by atoms with Crippen molar-refractivity contribution in [2.24, 2.45) is 0 Å². The summed E-state index contributed by atoms with van der Waals surface area (Å²) in [6.07, 6.45) is 7.75. The van der Waals surface area contributed by atoms with Crippen LogP contribution in [0.15, 0.2) is 48.5 Å². The summed E-state index contributed by atoms with van der Waals surface area (Å²) in [7, 11) is 0. The quantitative estimate of drug-likeness (QED) is 0.398. The first kappa shape index (κ1) is 21.8. The fraction of sp³-hybridized carbons (Fsp3) is 0.520. The van der Waals surface area contributed by atoms with Crippen LogP contribution in [-0.4, -0.2) is 46.2 Å². The summed E-state index contributed by atoms with van der Waals surface area (Å²) >= 11 is 0. The first-order chi connectivity index (χ1) is 15.3. The van der Waals surface area contributed by atoms with Gasteiger partial charge in [-0.2, -0.15) is 0 Å². The fourth-order valence-corrected chi connectivity index (χ4v) is 4.09. The van der Waals surface area contributed by atoms with Crippen LogP contribution in [-0.2, 0) is 11.4 Å². The van der Waals surface area contributed by atoms with Crippen LogP contribution >= 0.6 is 0 Å². The van der Waals surface area contributed by atoms with Gasteiger partial charge in [0, 0.05) is 13.1 Å². The fourth-order valence-electron chi connectivity index (χ4n) is 4.09. The average molecular weight is 423 g/mol. The maximum Gasteiger partial charge on any atom is 0.119 e. The van der Waals surface area contributed by atoms with Crippen LogP contribution in [0.4, 0.5) is 0 Å². The minimum atomic E-state index is 0.0659. The van der Waals surface area contributed by atoms with Gasteiger partial charge in [0.05, 0.1) is 31.5 Å². The molecule has 0 amide bonds. The zero-order chi connectivity index (χ0) is 21.3. The predicted octanol–water partition coefficient (Wildman–Crippen LogP) is 5.20. The van der Waals surface area contributed by atoms with E-state index in [0.29, 0.717) is 6.61 Å². The molecule has 0 radical (unpaired) electrons. The van der Waals surface area contributed by atoms with Gasteiger partial charge in [-0.15, -0.1) is 5.10 Å². The molecule has 1 atom stereocenters. The van der Waals surface area contributed by atoms with E-state index in [-0.39, 0.29) is 6.10 Å². The first-order valence-electron chi connectivity index (χ1n) is 11.7. The van der Waals surface area contributed by atoms with Gasteiger partial charge >= 0.3 is 0 Å². The number of nitrogens with zero attached hydrogens (tertiary/aromatic N) is 4. The Hall–Kier alpha value is -2.44. The van der Waals surface area contributed by atoms with E-state index in [9.17, 15) is 0 Å². The number of benzene rings is 2. The largest absolute Gasteiger partial charge is 0.494 e. The van der Waals surface area contributed by atoms with E-state index in [4.69, 9.17) is 9.47 Å². The molecule has 2 heterocycles. The standard InChI is InChI=1S/C25H34N4O2/c1-2-3-4-5-6-9-17-30-22-14-12-21(13-15-22)25-19-28(16-18-31-25)20-29-24-11-8-7-10-23(24)26-27-29/h7-8,10-15,25H,2-6,9,16-20H2,1H3. The van der Waals surface area contributed by atoms with Gasteiger partial charge in [-0.25, -0.2) is 4.68 Å². The van der Waals surface area contributed by atoms with Crippen LogP contribution < -0.4 is 4.74 Å². The molecular weight excluding hydrogens is 388 g/mol. The van der Waals surface area contributed by atoms with Crippen molar-refractivity contribution >= 4 is 11.0 Å². The monoisotopic (exact) mass is 422 g/mol. The van der Waals surface area contributed by atoms with Crippen LogP contribution in [0.1, 0.15) is 57.1 Å². The molecule has 6 nitrogen and oxygen atoms in total. The summed E-state index contributed by atoms with van der Waals surface area (Å²) in [4.78, 5) is 2.37. The minimum absolute atomic E-state index is 0.0659. The van der Waals surface area contributed by atoms with Crippen LogP contribution in [0.5, 0.6) is 5.75 Å². The lowest BCUT2D eigenvalue weighted by atomic mass is 10.1. The average Bonchev–Trinajstić information content (AvgIpc) is 3.22. The third-order valence-corrected chi connectivity index (χ3v) is 5.92.